The number of halogens is 2. The second kappa shape index (κ2) is 7.91. The van der Waals surface area contributed by atoms with Crippen molar-refractivity contribution in [3.05, 3.63) is 65.1 Å². The van der Waals surface area contributed by atoms with Gasteiger partial charge in [-0.25, -0.2) is 18.3 Å². The molecule has 0 bridgehead atoms. The molecule has 0 aliphatic heterocycles. The molecule has 28 heavy (non-hydrogen) atoms. The maximum Gasteiger partial charge on any atom is 0.270 e. The zero-order valence-electron chi connectivity index (χ0n) is 14.7. The number of carbonyl (C=O) groups is 3. The van der Waals surface area contributed by atoms with Crippen molar-refractivity contribution in [3.8, 4) is 0 Å². The zero-order valence-corrected chi connectivity index (χ0v) is 14.7. The Kier molecular flexibility index (Phi) is 5.39. The van der Waals surface area contributed by atoms with E-state index in [0.29, 0.717) is 5.56 Å². The van der Waals surface area contributed by atoms with Gasteiger partial charge in [0.05, 0.1) is 12.7 Å². The van der Waals surface area contributed by atoms with E-state index in [4.69, 9.17) is 0 Å². The molecule has 2 amide bonds. The van der Waals surface area contributed by atoms with Gasteiger partial charge >= 0.3 is 0 Å². The second-order valence-electron chi connectivity index (χ2n) is 5.94. The van der Waals surface area contributed by atoms with Crippen LogP contribution in [0.15, 0.2) is 36.5 Å². The van der Waals surface area contributed by atoms with Gasteiger partial charge in [-0.3, -0.25) is 14.4 Å². The van der Waals surface area contributed by atoms with Crippen molar-refractivity contribution in [2.24, 2.45) is 0 Å². The fourth-order valence-electron chi connectivity index (χ4n) is 2.41. The van der Waals surface area contributed by atoms with E-state index in [0.717, 1.165) is 12.1 Å². The first-order chi connectivity index (χ1) is 13.3. The molecule has 3 aromatic rings. The monoisotopic (exact) mass is 387 g/mol. The Bertz CT molecular complexity index is 1080. The van der Waals surface area contributed by atoms with E-state index in [9.17, 15) is 23.2 Å². The number of nitrogens with one attached hydrogen (secondary N) is 2. The number of ketones is 1. The summed E-state index contributed by atoms with van der Waals surface area (Å²) in [4.78, 5) is 39.9. The zero-order chi connectivity index (χ0) is 20.3. The number of hydrogen-bond acceptors (Lipinski definition) is 5. The van der Waals surface area contributed by atoms with Gasteiger partial charge in [-0.05, 0) is 24.6 Å². The van der Waals surface area contributed by atoms with Crippen LogP contribution in [-0.2, 0) is 11.3 Å². The molecule has 0 unspecified atom stereocenters. The van der Waals surface area contributed by atoms with E-state index in [1.807, 2.05) is 0 Å². The van der Waals surface area contributed by atoms with Crippen LogP contribution in [0, 0.1) is 11.6 Å². The fraction of sp³-hybridized carbons (Fsp3) is 0.167. The number of Topliss-reactive ketones (excluding diaryl/α,β-unsaturated/α-hetero) is 1. The van der Waals surface area contributed by atoms with Crippen molar-refractivity contribution in [1.82, 2.24) is 25.2 Å². The molecule has 0 fully saturated rings. The normalized spacial score (nSPS) is 10.7. The number of fused-ring (bicyclic) bond motifs is 1. The highest BCUT2D eigenvalue weighted by atomic mass is 19.2. The molecule has 0 saturated carbocycles. The first-order valence-electron chi connectivity index (χ1n) is 8.19. The molecule has 0 spiro atoms. The number of amides is 2. The molecule has 0 aliphatic rings. The van der Waals surface area contributed by atoms with E-state index in [1.165, 1.54) is 35.8 Å². The first-order valence-corrected chi connectivity index (χ1v) is 8.19. The van der Waals surface area contributed by atoms with Crippen LogP contribution in [-0.4, -0.2) is 38.7 Å². The van der Waals surface area contributed by atoms with Crippen molar-refractivity contribution in [2.75, 3.05) is 6.54 Å². The summed E-state index contributed by atoms with van der Waals surface area (Å²) in [5, 5.41) is 8.94. The summed E-state index contributed by atoms with van der Waals surface area (Å²) in [6.07, 6.45) is 1.41. The third kappa shape index (κ3) is 4.17. The van der Waals surface area contributed by atoms with Crippen molar-refractivity contribution >= 4 is 23.2 Å². The van der Waals surface area contributed by atoms with Gasteiger partial charge in [-0.2, -0.15) is 5.10 Å². The van der Waals surface area contributed by atoms with Gasteiger partial charge in [0.25, 0.3) is 11.8 Å². The van der Waals surface area contributed by atoms with E-state index in [-0.39, 0.29) is 35.9 Å². The minimum absolute atomic E-state index is 0.0224. The molecule has 2 heterocycles. The summed E-state index contributed by atoms with van der Waals surface area (Å²) in [5.74, 6) is -3.45. The lowest BCUT2D eigenvalue weighted by Gasteiger charge is -2.09. The van der Waals surface area contributed by atoms with Crippen LogP contribution in [0.5, 0.6) is 0 Å². The molecular weight excluding hydrogens is 372 g/mol. The number of carbonyl (C=O) groups excluding carboxylic acids is 3. The Morgan fingerprint density at radius 1 is 1.04 bits per heavy atom. The highest BCUT2D eigenvalue weighted by Gasteiger charge is 2.17. The smallest absolute Gasteiger partial charge is 0.270 e. The summed E-state index contributed by atoms with van der Waals surface area (Å²) in [6, 6.07) is 6.02. The van der Waals surface area contributed by atoms with E-state index >= 15 is 0 Å². The molecule has 0 aliphatic carbocycles. The number of benzene rings is 1. The van der Waals surface area contributed by atoms with Crippen molar-refractivity contribution < 1.29 is 23.2 Å². The van der Waals surface area contributed by atoms with Gasteiger partial charge in [-0.15, -0.1) is 0 Å². The van der Waals surface area contributed by atoms with Crippen LogP contribution >= 0.6 is 0 Å². The maximum atomic E-state index is 13.3. The van der Waals surface area contributed by atoms with Crippen LogP contribution in [0.2, 0.25) is 0 Å². The minimum Gasteiger partial charge on any atom is -0.347 e. The number of rotatable bonds is 6. The number of aromatic nitrogens is 3. The van der Waals surface area contributed by atoms with Crippen LogP contribution in [0.4, 0.5) is 8.78 Å². The predicted octanol–water partition coefficient (Wildman–Crippen LogP) is 1.26. The topological polar surface area (TPSA) is 105 Å². The molecule has 10 heteroatoms. The Hall–Kier alpha value is -3.69. The molecule has 1 aromatic carbocycles. The summed E-state index contributed by atoms with van der Waals surface area (Å²) in [6.45, 7) is 1.10. The van der Waals surface area contributed by atoms with Crippen molar-refractivity contribution in [3.63, 3.8) is 0 Å². The summed E-state index contributed by atoms with van der Waals surface area (Å²) < 4.78 is 27.5. The summed E-state index contributed by atoms with van der Waals surface area (Å²) >= 11 is 0. The van der Waals surface area contributed by atoms with Crippen molar-refractivity contribution in [1.29, 1.82) is 0 Å². The third-order valence-electron chi connectivity index (χ3n) is 3.76. The summed E-state index contributed by atoms with van der Waals surface area (Å²) in [7, 11) is 0. The lowest BCUT2D eigenvalue weighted by atomic mass is 10.2. The number of hydrogen-bond donors (Lipinski definition) is 2. The molecule has 8 nitrogen and oxygen atoms in total. The minimum atomic E-state index is -1.02. The second-order valence-corrected chi connectivity index (χ2v) is 5.94. The standard InChI is InChI=1S/C18H15F2N5O3/c1-10(26)8-21-18(28)15-7-14(24-16-4-5-23-25(15)16)17(27)22-9-11-2-3-12(19)13(20)6-11/h2-7H,8-9H2,1H3,(H,21,28)(H,22,27). The number of nitrogens with zero attached hydrogens (tertiary/aromatic N) is 3. The Morgan fingerprint density at radius 2 is 1.82 bits per heavy atom. The predicted molar refractivity (Wildman–Crippen MR) is 93.5 cm³/mol. The Morgan fingerprint density at radius 3 is 2.54 bits per heavy atom. The highest BCUT2D eigenvalue weighted by molar-refractivity contribution is 5.99. The van der Waals surface area contributed by atoms with E-state index < -0.39 is 23.4 Å². The Labute approximate surface area is 157 Å². The largest absolute Gasteiger partial charge is 0.347 e. The SMILES string of the molecule is CC(=O)CNC(=O)c1cc(C(=O)NCc2ccc(F)c(F)c2)nc2ccnn12. The third-order valence-corrected chi connectivity index (χ3v) is 3.76. The molecule has 0 saturated heterocycles. The quantitative estimate of drug-likeness (QED) is 0.662. The van der Waals surface area contributed by atoms with E-state index in [2.05, 4.69) is 20.7 Å². The van der Waals surface area contributed by atoms with Gasteiger partial charge in [0.15, 0.2) is 17.3 Å². The van der Waals surface area contributed by atoms with Crippen molar-refractivity contribution in [2.45, 2.75) is 13.5 Å². The molecule has 3 rings (SSSR count). The Balaban J connectivity index is 1.81. The van der Waals surface area contributed by atoms with E-state index in [1.54, 1.807) is 0 Å². The average molecular weight is 387 g/mol. The molecule has 0 atom stereocenters. The van der Waals surface area contributed by atoms with Gasteiger partial charge in [0, 0.05) is 18.7 Å². The molecule has 2 aromatic heterocycles. The molecule has 144 valence electrons. The lowest BCUT2D eigenvalue weighted by molar-refractivity contribution is -0.116. The van der Waals surface area contributed by atoms with Crippen LogP contribution in [0.3, 0.4) is 0 Å². The molecule has 0 radical (unpaired) electrons. The molecule has 2 N–H and O–H groups in total. The summed E-state index contributed by atoms with van der Waals surface area (Å²) in [5.41, 5.74) is 0.573. The van der Waals surface area contributed by atoms with Gasteiger partial charge in [-0.1, -0.05) is 6.07 Å². The van der Waals surface area contributed by atoms with Gasteiger partial charge < -0.3 is 10.6 Å². The van der Waals surface area contributed by atoms with Crippen LogP contribution in [0.1, 0.15) is 33.5 Å². The van der Waals surface area contributed by atoms with Crippen LogP contribution < -0.4 is 10.6 Å². The van der Waals surface area contributed by atoms with Gasteiger partial charge in [0.1, 0.15) is 17.2 Å². The first kappa shape index (κ1) is 19.1. The fourth-order valence-corrected chi connectivity index (χ4v) is 2.41. The highest BCUT2D eigenvalue weighted by Crippen LogP contribution is 2.10. The van der Waals surface area contributed by atoms with Crippen LogP contribution in [0.25, 0.3) is 5.65 Å². The van der Waals surface area contributed by atoms with Gasteiger partial charge in [0.2, 0.25) is 0 Å². The maximum absolute atomic E-state index is 13.3. The lowest BCUT2D eigenvalue weighted by Crippen LogP contribution is -2.31. The molecular formula is C18H15F2N5O3. The average Bonchev–Trinajstić information content (AvgIpc) is 3.14.